The standard InChI is InChI=1S/C18H14ClN3O5/c1-20-17(23)14-15(10-2-6-13(7-3-10)22(25)26)21(27-16(14)18(20)24)12-8-4-11(19)5-9-12/h2-9,14-16H,1H3/t14-,15-,16-/m0/s1. The summed E-state index contributed by atoms with van der Waals surface area (Å²) in [6.45, 7) is 0. The average molecular weight is 388 g/mol. The van der Waals surface area contributed by atoms with Gasteiger partial charge in [-0.2, -0.15) is 0 Å². The van der Waals surface area contributed by atoms with E-state index in [2.05, 4.69) is 0 Å². The van der Waals surface area contributed by atoms with Crippen LogP contribution in [0.1, 0.15) is 11.6 Å². The Morgan fingerprint density at radius 3 is 2.26 bits per heavy atom. The lowest BCUT2D eigenvalue weighted by Gasteiger charge is -2.28. The van der Waals surface area contributed by atoms with Gasteiger partial charge in [0.15, 0.2) is 6.10 Å². The number of benzene rings is 2. The largest absolute Gasteiger partial charge is 0.283 e. The zero-order chi connectivity index (χ0) is 19.3. The molecule has 0 saturated carbocycles. The lowest BCUT2D eigenvalue weighted by Crippen LogP contribution is -2.34. The topological polar surface area (TPSA) is 93.0 Å². The van der Waals surface area contributed by atoms with Gasteiger partial charge in [0.25, 0.3) is 11.6 Å². The molecule has 0 N–H and O–H groups in total. The maximum Gasteiger partial charge on any atom is 0.269 e. The third kappa shape index (κ3) is 2.73. The van der Waals surface area contributed by atoms with Gasteiger partial charge in [0, 0.05) is 24.2 Å². The maximum atomic E-state index is 12.7. The molecule has 0 bridgehead atoms. The van der Waals surface area contributed by atoms with Crippen LogP contribution in [-0.2, 0) is 14.4 Å². The number of fused-ring (bicyclic) bond motifs is 1. The molecular formula is C18H14ClN3O5. The fourth-order valence-corrected chi connectivity index (χ4v) is 3.62. The summed E-state index contributed by atoms with van der Waals surface area (Å²) < 4.78 is 0. The first-order valence-electron chi connectivity index (χ1n) is 8.16. The van der Waals surface area contributed by atoms with Gasteiger partial charge in [-0.1, -0.05) is 23.7 Å². The number of halogens is 1. The van der Waals surface area contributed by atoms with Crippen molar-refractivity contribution in [2.45, 2.75) is 12.1 Å². The molecule has 2 fully saturated rings. The highest BCUT2D eigenvalue weighted by atomic mass is 35.5. The molecule has 3 atom stereocenters. The molecule has 138 valence electrons. The van der Waals surface area contributed by atoms with Gasteiger partial charge in [-0.3, -0.25) is 29.4 Å². The number of anilines is 1. The first-order chi connectivity index (χ1) is 12.9. The van der Waals surface area contributed by atoms with E-state index in [0.717, 1.165) is 4.90 Å². The van der Waals surface area contributed by atoms with E-state index in [1.54, 1.807) is 36.4 Å². The number of carbonyl (C=O) groups excluding carboxylic acids is 2. The number of carbonyl (C=O) groups is 2. The number of hydroxylamine groups is 1. The van der Waals surface area contributed by atoms with Gasteiger partial charge in [-0.25, -0.2) is 5.06 Å². The second-order valence-electron chi connectivity index (χ2n) is 6.38. The molecule has 2 aliphatic heterocycles. The molecule has 0 spiro atoms. The van der Waals surface area contributed by atoms with Crippen LogP contribution in [0.25, 0.3) is 0 Å². The first-order valence-corrected chi connectivity index (χ1v) is 8.53. The van der Waals surface area contributed by atoms with Crippen molar-refractivity contribution in [3.05, 3.63) is 69.2 Å². The number of nitro benzene ring substituents is 1. The van der Waals surface area contributed by atoms with Crippen molar-refractivity contribution in [1.82, 2.24) is 4.90 Å². The van der Waals surface area contributed by atoms with E-state index < -0.39 is 28.9 Å². The Kier molecular flexibility index (Phi) is 4.09. The second-order valence-corrected chi connectivity index (χ2v) is 6.82. The number of amides is 2. The Bertz CT molecular complexity index is 931. The lowest BCUT2D eigenvalue weighted by molar-refractivity contribution is -0.384. The van der Waals surface area contributed by atoms with Gasteiger partial charge >= 0.3 is 0 Å². The van der Waals surface area contributed by atoms with E-state index in [9.17, 15) is 19.7 Å². The molecular weight excluding hydrogens is 374 g/mol. The Morgan fingerprint density at radius 1 is 1.04 bits per heavy atom. The SMILES string of the molecule is CN1C(=O)[C@@H]2[C@H](ON(c3ccc(Cl)cc3)[C@H]2c2ccc([N+](=O)[O-])cc2)C1=O. The van der Waals surface area contributed by atoms with Crippen LogP contribution < -0.4 is 5.06 Å². The molecule has 2 aliphatic rings. The van der Waals surface area contributed by atoms with Crippen molar-refractivity contribution in [3.8, 4) is 0 Å². The molecule has 2 aromatic carbocycles. The minimum atomic E-state index is -0.932. The number of nitrogens with zero attached hydrogens (tertiary/aromatic N) is 3. The van der Waals surface area contributed by atoms with Gasteiger partial charge < -0.3 is 0 Å². The molecule has 2 amide bonds. The van der Waals surface area contributed by atoms with Crippen LogP contribution in [0, 0.1) is 16.0 Å². The van der Waals surface area contributed by atoms with Crippen LogP contribution in [0.15, 0.2) is 48.5 Å². The molecule has 0 aromatic heterocycles. The van der Waals surface area contributed by atoms with E-state index in [1.165, 1.54) is 24.2 Å². The summed E-state index contributed by atoms with van der Waals surface area (Å²) in [5, 5.41) is 13.0. The van der Waals surface area contributed by atoms with E-state index in [-0.39, 0.29) is 11.6 Å². The zero-order valence-corrected chi connectivity index (χ0v) is 14.9. The smallest absolute Gasteiger partial charge is 0.269 e. The van der Waals surface area contributed by atoms with Crippen molar-refractivity contribution in [3.63, 3.8) is 0 Å². The van der Waals surface area contributed by atoms with Gasteiger partial charge in [0.1, 0.15) is 5.92 Å². The Hall–Kier alpha value is -2.97. The Balaban J connectivity index is 1.79. The number of hydrogen-bond acceptors (Lipinski definition) is 6. The van der Waals surface area contributed by atoms with E-state index >= 15 is 0 Å². The quantitative estimate of drug-likeness (QED) is 0.456. The van der Waals surface area contributed by atoms with Crippen molar-refractivity contribution < 1.29 is 19.3 Å². The zero-order valence-electron chi connectivity index (χ0n) is 14.1. The fourth-order valence-electron chi connectivity index (χ4n) is 3.50. The number of likely N-dealkylation sites (N-methyl/N-ethyl adjacent to an activating group) is 1. The summed E-state index contributed by atoms with van der Waals surface area (Å²) in [7, 11) is 1.42. The van der Waals surface area contributed by atoms with Gasteiger partial charge in [-0.15, -0.1) is 0 Å². The summed E-state index contributed by atoms with van der Waals surface area (Å²) in [6.07, 6.45) is -0.932. The third-order valence-corrected chi connectivity index (χ3v) is 5.11. The minimum Gasteiger partial charge on any atom is -0.283 e. The summed E-state index contributed by atoms with van der Waals surface area (Å²) >= 11 is 5.94. The monoisotopic (exact) mass is 387 g/mol. The highest BCUT2D eigenvalue weighted by Gasteiger charge is 2.58. The first kappa shape index (κ1) is 17.4. The molecule has 8 nitrogen and oxygen atoms in total. The molecule has 27 heavy (non-hydrogen) atoms. The molecule has 2 saturated heterocycles. The molecule has 9 heteroatoms. The van der Waals surface area contributed by atoms with Crippen LogP contribution in [-0.4, -0.2) is 34.8 Å². The van der Waals surface area contributed by atoms with Crippen molar-refractivity contribution >= 4 is 34.8 Å². The van der Waals surface area contributed by atoms with Gasteiger partial charge in [-0.05, 0) is 29.8 Å². The number of rotatable bonds is 3. The van der Waals surface area contributed by atoms with Crippen LogP contribution in [0.4, 0.5) is 11.4 Å². The molecule has 2 aromatic rings. The number of imide groups is 1. The lowest BCUT2D eigenvalue weighted by atomic mass is 9.90. The van der Waals surface area contributed by atoms with Crippen molar-refractivity contribution in [2.75, 3.05) is 12.1 Å². The molecule has 0 radical (unpaired) electrons. The van der Waals surface area contributed by atoms with E-state index in [1.807, 2.05) is 0 Å². The van der Waals surface area contributed by atoms with Crippen LogP contribution in [0.3, 0.4) is 0 Å². The van der Waals surface area contributed by atoms with Gasteiger partial charge in [0.05, 0.1) is 16.7 Å². The number of likely N-dealkylation sites (tertiary alicyclic amines) is 1. The minimum absolute atomic E-state index is 0.0572. The van der Waals surface area contributed by atoms with Crippen LogP contribution in [0.5, 0.6) is 0 Å². The van der Waals surface area contributed by atoms with Crippen LogP contribution >= 0.6 is 11.6 Å². The molecule has 0 aliphatic carbocycles. The fraction of sp³-hybridized carbons (Fsp3) is 0.222. The number of hydrogen-bond donors (Lipinski definition) is 0. The van der Waals surface area contributed by atoms with E-state index in [0.29, 0.717) is 16.3 Å². The molecule has 2 heterocycles. The molecule has 0 unspecified atom stereocenters. The summed E-state index contributed by atoms with van der Waals surface area (Å²) in [6, 6.07) is 12.1. The highest BCUT2D eigenvalue weighted by molar-refractivity contribution is 6.30. The second kappa shape index (κ2) is 6.33. The number of nitro groups is 1. The van der Waals surface area contributed by atoms with E-state index in [4.69, 9.17) is 16.4 Å². The average Bonchev–Trinajstić information content (AvgIpc) is 3.15. The highest BCUT2D eigenvalue weighted by Crippen LogP contribution is 2.46. The molecule has 4 rings (SSSR count). The predicted octanol–water partition coefficient (Wildman–Crippen LogP) is 2.72. The summed E-state index contributed by atoms with van der Waals surface area (Å²) in [5.74, 6) is -1.49. The maximum absolute atomic E-state index is 12.7. The third-order valence-electron chi connectivity index (χ3n) is 4.86. The normalized spacial score (nSPS) is 24.4. The summed E-state index contributed by atoms with van der Waals surface area (Å²) in [5.41, 5.74) is 1.21. The number of non-ortho nitro benzene ring substituents is 1. The Labute approximate surface area is 159 Å². The van der Waals surface area contributed by atoms with Gasteiger partial charge in [0.2, 0.25) is 5.91 Å². The predicted molar refractivity (Wildman–Crippen MR) is 95.9 cm³/mol. The van der Waals surface area contributed by atoms with Crippen molar-refractivity contribution in [2.24, 2.45) is 5.92 Å². The van der Waals surface area contributed by atoms with Crippen LogP contribution in [0.2, 0.25) is 5.02 Å². The Morgan fingerprint density at radius 2 is 1.67 bits per heavy atom. The van der Waals surface area contributed by atoms with Crippen molar-refractivity contribution in [1.29, 1.82) is 0 Å². The summed E-state index contributed by atoms with van der Waals surface area (Å²) in [4.78, 5) is 42.4.